The van der Waals surface area contributed by atoms with Crippen LogP contribution in [0.3, 0.4) is 0 Å². The van der Waals surface area contributed by atoms with Crippen molar-refractivity contribution in [2.75, 3.05) is 13.1 Å². The van der Waals surface area contributed by atoms with E-state index in [1.54, 1.807) is 17.0 Å². The maximum Gasteiger partial charge on any atom is 0.410 e. The van der Waals surface area contributed by atoms with Crippen LogP contribution in [0.5, 0.6) is 5.75 Å². The van der Waals surface area contributed by atoms with Gasteiger partial charge in [0, 0.05) is 13.1 Å². The van der Waals surface area contributed by atoms with Crippen LogP contribution >= 0.6 is 0 Å². The minimum absolute atomic E-state index is 0.203. The first-order chi connectivity index (χ1) is 9.83. The van der Waals surface area contributed by atoms with Gasteiger partial charge in [-0.25, -0.2) is 4.79 Å². The number of carbonyl (C=O) groups excluding carboxylic acids is 1. The molecule has 1 aliphatic rings. The lowest BCUT2D eigenvalue weighted by molar-refractivity contribution is 0.0184. The second-order valence-electron chi connectivity index (χ2n) is 6.78. The molecule has 1 heterocycles. The molecule has 1 amide bonds. The lowest BCUT2D eigenvalue weighted by Crippen LogP contribution is -2.42. The molecule has 1 saturated heterocycles. The quantitative estimate of drug-likeness (QED) is 0.906. The third-order valence-corrected chi connectivity index (χ3v) is 3.73. The van der Waals surface area contributed by atoms with Crippen molar-refractivity contribution in [2.24, 2.45) is 5.92 Å². The smallest absolute Gasteiger partial charge is 0.410 e. The Hall–Kier alpha value is -1.71. The number of ether oxygens (including phenoxy) is 1. The van der Waals surface area contributed by atoms with Gasteiger partial charge in [-0.1, -0.05) is 12.1 Å². The summed E-state index contributed by atoms with van der Waals surface area (Å²) in [5.74, 6) is 0.895. The molecule has 0 saturated carbocycles. The molecule has 1 N–H and O–H groups in total. The first-order valence-electron chi connectivity index (χ1n) is 7.59. The van der Waals surface area contributed by atoms with E-state index >= 15 is 0 Å². The number of benzene rings is 1. The van der Waals surface area contributed by atoms with Crippen LogP contribution in [0.2, 0.25) is 0 Å². The Kier molecular flexibility index (Phi) is 4.76. The predicted octanol–water partition coefficient (Wildman–Crippen LogP) is 3.58. The number of likely N-dealkylation sites (tertiary alicyclic amines) is 1. The molecule has 0 spiro atoms. The third kappa shape index (κ3) is 4.96. The first-order valence-corrected chi connectivity index (χ1v) is 7.59. The molecule has 1 aromatic rings. The van der Waals surface area contributed by atoms with Crippen molar-refractivity contribution >= 4 is 6.09 Å². The van der Waals surface area contributed by atoms with Gasteiger partial charge in [0.1, 0.15) is 11.4 Å². The lowest BCUT2D eigenvalue weighted by atomic mass is 9.90. The summed E-state index contributed by atoms with van der Waals surface area (Å²) in [6.45, 7) is 7.20. The zero-order chi connectivity index (χ0) is 15.5. The molecule has 0 unspecified atom stereocenters. The maximum atomic E-state index is 12.0. The van der Waals surface area contributed by atoms with Gasteiger partial charge in [-0.05, 0) is 63.6 Å². The van der Waals surface area contributed by atoms with Crippen LogP contribution in [0.4, 0.5) is 4.79 Å². The highest BCUT2D eigenvalue weighted by molar-refractivity contribution is 5.68. The summed E-state index contributed by atoms with van der Waals surface area (Å²) in [7, 11) is 0. The summed E-state index contributed by atoms with van der Waals surface area (Å²) in [6, 6.07) is 7.39. The van der Waals surface area contributed by atoms with E-state index in [1.807, 2.05) is 32.9 Å². The predicted molar refractivity (Wildman–Crippen MR) is 82.3 cm³/mol. The van der Waals surface area contributed by atoms with Crippen LogP contribution in [0.1, 0.15) is 39.2 Å². The van der Waals surface area contributed by atoms with E-state index in [-0.39, 0.29) is 6.09 Å². The molecule has 0 aromatic heterocycles. The summed E-state index contributed by atoms with van der Waals surface area (Å²) < 4.78 is 5.40. The second-order valence-corrected chi connectivity index (χ2v) is 6.78. The van der Waals surface area contributed by atoms with Gasteiger partial charge < -0.3 is 14.7 Å². The van der Waals surface area contributed by atoms with Crippen LogP contribution in [0.15, 0.2) is 24.3 Å². The molecular weight excluding hydrogens is 266 g/mol. The van der Waals surface area contributed by atoms with E-state index in [0.717, 1.165) is 32.4 Å². The summed E-state index contributed by atoms with van der Waals surface area (Å²) >= 11 is 0. The van der Waals surface area contributed by atoms with E-state index in [9.17, 15) is 9.90 Å². The zero-order valence-electron chi connectivity index (χ0n) is 13.1. The zero-order valence-corrected chi connectivity index (χ0v) is 13.1. The van der Waals surface area contributed by atoms with Crippen LogP contribution in [0, 0.1) is 5.92 Å². The normalized spacial score (nSPS) is 16.8. The number of hydrogen-bond acceptors (Lipinski definition) is 3. The van der Waals surface area contributed by atoms with E-state index in [0.29, 0.717) is 11.7 Å². The van der Waals surface area contributed by atoms with Crippen LogP contribution < -0.4 is 0 Å². The minimum Gasteiger partial charge on any atom is -0.508 e. The summed E-state index contributed by atoms with van der Waals surface area (Å²) in [6.07, 6.45) is 2.80. The fourth-order valence-corrected chi connectivity index (χ4v) is 2.61. The highest BCUT2D eigenvalue weighted by Crippen LogP contribution is 2.23. The molecule has 0 bridgehead atoms. The molecular formula is C17H25NO3. The number of carbonyl (C=O) groups is 1. The molecule has 0 radical (unpaired) electrons. The van der Waals surface area contributed by atoms with E-state index in [4.69, 9.17) is 4.74 Å². The van der Waals surface area contributed by atoms with Crippen molar-refractivity contribution in [3.8, 4) is 5.75 Å². The summed E-state index contributed by atoms with van der Waals surface area (Å²) in [5, 5.41) is 9.29. The van der Waals surface area contributed by atoms with Gasteiger partial charge in [0.2, 0.25) is 0 Å². The summed E-state index contributed by atoms with van der Waals surface area (Å²) in [4.78, 5) is 13.8. The number of phenolic OH excluding ortho intramolecular Hbond substituents is 1. The van der Waals surface area contributed by atoms with E-state index in [2.05, 4.69) is 0 Å². The Labute approximate surface area is 126 Å². The van der Waals surface area contributed by atoms with Crippen LogP contribution in [0.25, 0.3) is 0 Å². The minimum atomic E-state index is -0.431. The van der Waals surface area contributed by atoms with E-state index < -0.39 is 5.60 Å². The van der Waals surface area contributed by atoms with Crippen molar-refractivity contribution in [1.29, 1.82) is 0 Å². The van der Waals surface area contributed by atoms with Gasteiger partial charge in [0.15, 0.2) is 0 Å². The number of hydrogen-bond donors (Lipinski definition) is 1. The Morgan fingerprint density at radius 1 is 1.24 bits per heavy atom. The molecule has 21 heavy (non-hydrogen) atoms. The lowest BCUT2D eigenvalue weighted by Gasteiger charge is -2.33. The second kappa shape index (κ2) is 6.37. The molecule has 4 heteroatoms. The van der Waals surface area contributed by atoms with Gasteiger partial charge in [-0.3, -0.25) is 0 Å². The van der Waals surface area contributed by atoms with Crippen molar-refractivity contribution in [2.45, 2.75) is 45.6 Å². The Morgan fingerprint density at radius 3 is 2.33 bits per heavy atom. The Bertz CT molecular complexity index is 468. The average Bonchev–Trinajstić information content (AvgIpc) is 2.40. The van der Waals surface area contributed by atoms with Crippen LogP contribution in [-0.2, 0) is 11.2 Å². The van der Waals surface area contributed by atoms with Gasteiger partial charge >= 0.3 is 6.09 Å². The standard InChI is InChI=1S/C17H25NO3/c1-17(2,3)21-16(20)18-10-8-14(9-11-18)12-13-4-6-15(19)7-5-13/h4-7,14,19H,8-12H2,1-3H3. The van der Waals surface area contributed by atoms with Gasteiger partial charge in [-0.2, -0.15) is 0 Å². The largest absolute Gasteiger partial charge is 0.508 e. The molecule has 1 aliphatic heterocycles. The summed E-state index contributed by atoms with van der Waals surface area (Å²) in [5.41, 5.74) is 0.809. The van der Waals surface area contributed by atoms with Gasteiger partial charge in [-0.15, -0.1) is 0 Å². The highest BCUT2D eigenvalue weighted by atomic mass is 16.6. The topological polar surface area (TPSA) is 49.8 Å². The molecule has 0 atom stereocenters. The number of aromatic hydroxyl groups is 1. The van der Waals surface area contributed by atoms with Gasteiger partial charge in [0.05, 0.1) is 0 Å². The molecule has 116 valence electrons. The van der Waals surface area contributed by atoms with Crippen molar-refractivity contribution in [3.63, 3.8) is 0 Å². The first kappa shape index (κ1) is 15.7. The fourth-order valence-electron chi connectivity index (χ4n) is 2.61. The average molecular weight is 291 g/mol. The molecule has 2 rings (SSSR count). The van der Waals surface area contributed by atoms with E-state index in [1.165, 1.54) is 5.56 Å². The monoisotopic (exact) mass is 291 g/mol. The maximum absolute atomic E-state index is 12.0. The Morgan fingerprint density at radius 2 is 1.81 bits per heavy atom. The molecule has 1 aromatic carbocycles. The number of rotatable bonds is 2. The van der Waals surface area contributed by atoms with Gasteiger partial charge in [0.25, 0.3) is 0 Å². The Balaban J connectivity index is 1.80. The molecule has 1 fully saturated rings. The molecule has 0 aliphatic carbocycles. The number of nitrogens with zero attached hydrogens (tertiary/aromatic N) is 1. The van der Waals surface area contributed by atoms with Crippen molar-refractivity contribution in [1.82, 2.24) is 4.90 Å². The van der Waals surface area contributed by atoms with Crippen molar-refractivity contribution < 1.29 is 14.6 Å². The fraction of sp³-hybridized carbons (Fsp3) is 0.588. The van der Waals surface area contributed by atoms with Crippen LogP contribution in [-0.4, -0.2) is 34.8 Å². The number of phenols is 1. The number of piperidine rings is 1. The number of amides is 1. The SMILES string of the molecule is CC(C)(C)OC(=O)N1CCC(Cc2ccc(O)cc2)CC1. The highest BCUT2D eigenvalue weighted by Gasteiger charge is 2.26. The molecule has 4 nitrogen and oxygen atoms in total. The van der Waals surface area contributed by atoms with Crippen molar-refractivity contribution in [3.05, 3.63) is 29.8 Å². The third-order valence-electron chi connectivity index (χ3n) is 3.73.